The van der Waals surface area contributed by atoms with Crippen LogP contribution in [0.2, 0.25) is 0 Å². The van der Waals surface area contributed by atoms with Gasteiger partial charge in [0.2, 0.25) is 0 Å². The average Bonchev–Trinajstić information content (AvgIpc) is 2.28. The molecule has 92 valence electrons. The molecule has 0 heterocycles. The lowest BCUT2D eigenvalue weighted by molar-refractivity contribution is -0.147. The van der Waals surface area contributed by atoms with E-state index in [1.807, 2.05) is 0 Å². The number of thiol groups is 1. The molecule has 0 saturated carbocycles. The van der Waals surface area contributed by atoms with Crippen LogP contribution >= 0.6 is 28.6 Å². The third-order valence-corrected chi connectivity index (χ3v) is 3.00. The molecule has 0 fully saturated rings. The monoisotopic (exact) mass is 318 g/mol. The van der Waals surface area contributed by atoms with Crippen LogP contribution in [0.5, 0.6) is 0 Å². The molecule has 0 bridgehead atoms. The van der Waals surface area contributed by atoms with Crippen LogP contribution < -0.4 is 0 Å². The molecular weight excluding hydrogens is 308 g/mol. The Hall–Kier alpha value is -0.850. The number of carboxylic acids is 1. The first-order valence-corrected chi connectivity index (χ1v) is 6.37. The van der Waals surface area contributed by atoms with Crippen LogP contribution in [0.3, 0.4) is 0 Å². The first-order chi connectivity index (χ1) is 7.99. The van der Waals surface area contributed by atoms with Gasteiger partial charge in [0.05, 0.1) is 0 Å². The molecule has 0 spiro atoms. The number of aliphatic hydroxyl groups is 1. The summed E-state index contributed by atoms with van der Waals surface area (Å²) in [5.74, 6) is -1.63. The smallest absolute Gasteiger partial charge is 0.337 e. The average molecular weight is 319 g/mol. The van der Waals surface area contributed by atoms with Gasteiger partial charge in [-0.1, -0.05) is 28.1 Å². The zero-order valence-electron chi connectivity index (χ0n) is 8.76. The first-order valence-electron chi connectivity index (χ1n) is 4.81. The third-order valence-electron chi connectivity index (χ3n) is 2.21. The number of hydrogen-bond acceptors (Lipinski definition) is 4. The fourth-order valence-electron chi connectivity index (χ4n) is 1.43. The van der Waals surface area contributed by atoms with E-state index >= 15 is 0 Å². The second-order valence-corrected chi connectivity index (χ2v) is 4.62. The highest BCUT2D eigenvalue weighted by molar-refractivity contribution is 9.09. The van der Waals surface area contributed by atoms with Gasteiger partial charge in [0.15, 0.2) is 11.9 Å². The van der Waals surface area contributed by atoms with E-state index in [1.54, 1.807) is 6.07 Å². The lowest BCUT2D eigenvalue weighted by atomic mass is 9.98. The molecule has 0 saturated heterocycles. The molecular formula is C11H11BrO4S. The van der Waals surface area contributed by atoms with Crippen molar-refractivity contribution in [1.29, 1.82) is 0 Å². The lowest BCUT2D eigenvalue weighted by Crippen LogP contribution is -2.16. The summed E-state index contributed by atoms with van der Waals surface area (Å²) < 4.78 is 0. The van der Waals surface area contributed by atoms with Crippen LogP contribution in [0.25, 0.3) is 0 Å². The normalized spacial score (nSPS) is 12.2. The minimum absolute atomic E-state index is 0.0503. The van der Waals surface area contributed by atoms with Crippen molar-refractivity contribution >= 4 is 40.3 Å². The Labute approximate surface area is 112 Å². The number of benzene rings is 1. The quantitative estimate of drug-likeness (QED) is 0.441. The van der Waals surface area contributed by atoms with Gasteiger partial charge in [-0.25, -0.2) is 4.79 Å². The number of halogens is 1. The summed E-state index contributed by atoms with van der Waals surface area (Å²) in [5, 5.41) is 18.8. The molecule has 2 N–H and O–H groups in total. The summed E-state index contributed by atoms with van der Waals surface area (Å²) in [6.45, 7) is 0. The van der Waals surface area contributed by atoms with Crippen LogP contribution in [0, 0.1) is 0 Å². The molecule has 1 aromatic carbocycles. The van der Waals surface area contributed by atoms with Crippen molar-refractivity contribution < 1.29 is 19.8 Å². The minimum Gasteiger partial charge on any atom is -0.479 e. The van der Waals surface area contributed by atoms with Crippen molar-refractivity contribution in [3.63, 3.8) is 0 Å². The second kappa shape index (κ2) is 6.18. The number of rotatable bonds is 5. The van der Waals surface area contributed by atoms with Crippen LogP contribution in [0.4, 0.5) is 0 Å². The molecule has 4 nitrogen and oxygen atoms in total. The van der Waals surface area contributed by atoms with E-state index in [1.165, 1.54) is 12.1 Å². The van der Waals surface area contributed by atoms with Gasteiger partial charge >= 0.3 is 5.97 Å². The SMILES string of the molecule is O=C(CCBr)c1cccc(S)c1C(O)C(=O)O. The number of alkyl halides is 1. The van der Waals surface area contributed by atoms with Crippen molar-refractivity contribution in [2.24, 2.45) is 0 Å². The fraction of sp³-hybridized carbons (Fsp3) is 0.273. The van der Waals surface area contributed by atoms with Gasteiger partial charge in [-0.15, -0.1) is 12.6 Å². The number of ketones is 1. The molecule has 6 heteroatoms. The first kappa shape index (κ1) is 14.2. The second-order valence-electron chi connectivity index (χ2n) is 3.34. The molecule has 0 aliphatic rings. The molecule has 17 heavy (non-hydrogen) atoms. The number of carboxylic acid groups (broad SMARTS) is 1. The van der Waals surface area contributed by atoms with Gasteiger partial charge in [-0.2, -0.15) is 0 Å². The van der Waals surface area contributed by atoms with Crippen LogP contribution in [-0.2, 0) is 4.79 Å². The van der Waals surface area contributed by atoms with Gasteiger partial charge < -0.3 is 10.2 Å². The van der Waals surface area contributed by atoms with E-state index in [0.29, 0.717) is 10.2 Å². The predicted molar refractivity (Wildman–Crippen MR) is 69.0 cm³/mol. The fourth-order valence-corrected chi connectivity index (χ4v) is 2.12. The van der Waals surface area contributed by atoms with E-state index in [4.69, 9.17) is 5.11 Å². The van der Waals surface area contributed by atoms with Crippen molar-refractivity contribution in [2.45, 2.75) is 17.4 Å². The molecule has 0 radical (unpaired) electrons. The van der Waals surface area contributed by atoms with E-state index in [9.17, 15) is 14.7 Å². The van der Waals surface area contributed by atoms with Crippen molar-refractivity contribution in [3.8, 4) is 0 Å². The number of hydrogen-bond donors (Lipinski definition) is 3. The van der Waals surface area contributed by atoms with Gasteiger partial charge in [-0.3, -0.25) is 4.79 Å². The molecule has 0 aliphatic heterocycles. The van der Waals surface area contributed by atoms with Crippen molar-refractivity contribution in [3.05, 3.63) is 29.3 Å². The van der Waals surface area contributed by atoms with Gasteiger partial charge in [-0.05, 0) is 6.07 Å². The summed E-state index contributed by atoms with van der Waals surface area (Å²) >= 11 is 7.21. The molecule has 0 aromatic heterocycles. The minimum atomic E-state index is -1.74. The van der Waals surface area contributed by atoms with Crippen LogP contribution in [0.15, 0.2) is 23.1 Å². The zero-order chi connectivity index (χ0) is 13.0. The highest BCUT2D eigenvalue weighted by atomic mass is 79.9. The van der Waals surface area contributed by atoms with Gasteiger partial charge in [0.25, 0.3) is 0 Å². The summed E-state index contributed by atoms with van der Waals surface area (Å²) in [6, 6.07) is 4.63. The predicted octanol–water partition coefficient (Wildman–Crippen LogP) is 2.06. The van der Waals surface area contributed by atoms with Crippen molar-refractivity contribution in [1.82, 2.24) is 0 Å². The number of carbonyl (C=O) groups excluding carboxylic acids is 1. The number of aliphatic carboxylic acids is 1. The maximum atomic E-state index is 11.8. The Kier molecular flexibility index (Phi) is 5.17. The standard InChI is InChI=1S/C11H11BrO4S/c12-5-4-7(13)6-2-1-3-8(17)9(6)10(14)11(15)16/h1-3,10,14,17H,4-5H2,(H,15,16). The molecule has 1 rings (SSSR count). The molecule has 0 amide bonds. The summed E-state index contributed by atoms with van der Waals surface area (Å²) in [7, 11) is 0. The van der Waals surface area contributed by atoms with Gasteiger partial charge in [0, 0.05) is 27.8 Å². The van der Waals surface area contributed by atoms with E-state index in [2.05, 4.69) is 28.6 Å². The Morgan fingerprint density at radius 3 is 2.59 bits per heavy atom. The molecule has 1 aromatic rings. The Morgan fingerprint density at radius 2 is 2.06 bits per heavy atom. The molecule has 1 unspecified atom stereocenters. The van der Waals surface area contributed by atoms with Crippen LogP contribution in [-0.4, -0.2) is 27.3 Å². The molecule has 1 atom stereocenters. The Morgan fingerprint density at radius 1 is 1.41 bits per heavy atom. The van der Waals surface area contributed by atoms with Crippen molar-refractivity contribution in [2.75, 3.05) is 5.33 Å². The summed E-state index contributed by atoms with van der Waals surface area (Å²) in [4.78, 5) is 22.8. The maximum absolute atomic E-state index is 11.8. The number of Topliss-reactive ketones (excluding diaryl/α,β-unsaturated/α-hetero) is 1. The van der Waals surface area contributed by atoms with Crippen LogP contribution in [0.1, 0.15) is 28.4 Å². The topological polar surface area (TPSA) is 74.6 Å². The Bertz CT molecular complexity index is 447. The largest absolute Gasteiger partial charge is 0.479 e. The summed E-state index contributed by atoms with van der Waals surface area (Å²) in [6.07, 6.45) is -1.51. The third kappa shape index (κ3) is 3.31. The van der Waals surface area contributed by atoms with E-state index < -0.39 is 12.1 Å². The molecule has 0 aliphatic carbocycles. The summed E-state index contributed by atoms with van der Waals surface area (Å²) in [5.41, 5.74) is 0.251. The number of carbonyl (C=O) groups is 2. The zero-order valence-corrected chi connectivity index (χ0v) is 11.2. The Balaban J connectivity index is 3.26. The van der Waals surface area contributed by atoms with E-state index in [0.717, 1.165) is 0 Å². The lowest BCUT2D eigenvalue weighted by Gasteiger charge is -2.13. The number of aliphatic hydroxyl groups excluding tert-OH is 1. The van der Waals surface area contributed by atoms with E-state index in [-0.39, 0.29) is 23.3 Å². The van der Waals surface area contributed by atoms with Gasteiger partial charge in [0.1, 0.15) is 0 Å². The highest BCUT2D eigenvalue weighted by Gasteiger charge is 2.24. The highest BCUT2D eigenvalue weighted by Crippen LogP contribution is 2.26. The maximum Gasteiger partial charge on any atom is 0.337 e.